The zero-order valence-electron chi connectivity index (χ0n) is 11.5. The van der Waals surface area contributed by atoms with E-state index in [0.717, 1.165) is 5.56 Å². The van der Waals surface area contributed by atoms with Crippen LogP contribution in [-0.4, -0.2) is 25.6 Å². The summed E-state index contributed by atoms with van der Waals surface area (Å²) in [5, 5.41) is 8.84. The van der Waals surface area contributed by atoms with Crippen LogP contribution in [0.2, 0.25) is 0 Å². The number of aliphatic hydroxyl groups is 1. The first-order valence-electron chi connectivity index (χ1n) is 6.23. The molecule has 21 heavy (non-hydrogen) atoms. The van der Waals surface area contributed by atoms with Gasteiger partial charge in [0.05, 0.1) is 13.7 Å². The lowest BCUT2D eigenvalue weighted by atomic mass is 10.2. The number of aliphatic hydroxyl groups excluding tert-OH is 1. The Bertz CT molecular complexity index is 682. The summed E-state index contributed by atoms with van der Waals surface area (Å²) in [6.45, 7) is -0.0115. The highest BCUT2D eigenvalue weighted by molar-refractivity contribution is 7.89. The second-order valence-electron chi connectivity index (χ2n) is 4.34. The molecule has 6 nitrogen and oxygen atoms in total. The lowest BCUT2D eigenvalue weighted by Gasteiger charge is -2.07. The SMILES string of the molecule is COc1ccc(CNS(=O)(=O)c2ccc(CO)cn2)cc1. The van der Waals surface area contributed by atoms with Gasteiger partial charge < -0.3 is 9.84 Å². The monoisotopic (exact) mass is 308 g/mol. The van der Waals surface area contributed by atoms with E-state index >= 15 is 0 Å². The zero-order chi connectivity index (χ0) is 15.3. The minimum atomic E-state index is -3.67. The number of sulfonamides is 1. The molecule has 0 aliphatic rings. The molecule has 1 heterocycles. The van der Waals surface area contributed by atoms with E-state index in [4.69, 9.17) is 9.84 Å². The van der Waals surface area contributed by atoms with E-state index in [1.165, 1.54) is 18.3 Å². The van der Waals surface area contributed by atoms with Crippen LogP contribution in [0.1, 0.15) is 11.1 Å². The lowest BCUT2D eigenvalue weighted by molar-refractivity contribution is 0.281. The van der Waals surface area contributed by atoms with Gasteiger partial charge >= 0.3 is 0 Å². The van der Waals surface area contributed by atoms with Gasteiger partial charge in [-0.1, -0.05) is 18.2 Å². The lowest BCUT2D eigenvalue weighted by Crippen LogP contribution is -2.24. The summed E-state index contributed by atoms with van der Waals surface area (Å²) in [6.07, 6.45) is 1.34. The molecular formula is C14H16N2O4S. The largest absolute Gasteiger partial charge is 0.497 e. The molecule has 0 fully saturated rings. The first-order valence-corrected chi connectivity index (χ1v) is 7.72. The van der Waals surface area contributed by atoms with E-state index in [1.807, 2.05) is 0 Å². The average molecular weight is 308 g/mol. The number of nitrogens with zero attached hydrogens (tertiary/aromatic N) is 1. The van der Waals surface area contributed by atoms with Gasteiger partial charge in [-0.15, -0.1) is 0 Å². The second kappa shape index (κ2) is 6.66. The molecule has 0 aliphatic carbocycles. The fourth-order valence-corrected chi connectivity index (χ4v) is 2.60. The number of nitrogens with one attached hydrogen (secondary N) is 1. The van der Waals surface area contributed by atoms with Gasteiger partial charge in [0.1, 0.15) is 5.75 Å². The Kier molecular flexibility index (Phi) is 4.89. The number of hydrogen-bond acceptors (Lipinski definition) is 5. The highest BCUT2D eigenvalue weighted by Crippen LogP contribution is 2.12. The number of methoxy groups -OCH3 is 1. The van der Waals surface area contributed by atoms with Crippen molar-refractivity contribution in [1.82, 2.24) is 9.71 Å². The number of benzene rings is 1. The molecule has 0 bridgehead atoms. The number of hydrogen-bond donors (Lipinski definition) is 2. The van der Waals surface area contributed by atoms with Crippen molar-refractivity contribution in [3.8, 4) is 5.75 Å². The van der Waals surface area contributed by atoms with Crippen molar-refractivity contribution in [3.05, 3.63) is 53.7 Å². The molecule has 0 saturated carbocycles. The highest BCUT2D eigenvalue weighted by Gasteiger charge is 2.15. The summed E-state index contributed by atoms with van der Waals surface area (Å²) < 4.78 is 31.6. The van der Waals surface area contributed by atoms with Gasteiger partial charge in [-0.2, -0.15) is 0 Å². The van der Waals surface area contributed by atoms with Crippen molar-refractivity contribution in [1.29, 1.82) is 0 Å². The molecule has 0 spiro atoms. The first-order chi connectivity index (χ1) is 10.0. The van der Waals surface area contributed by atoms with Crippen LogP contribution in [0.4, 0.5) is 0 Å². The normalized spacial score (nSPS) is 11.3. The third-order valence-electron chi connectivity index (χ3n) is 2.88. The molecule has 112 valence electrons. The molecular weight excluding hydrogens is 292 g/mol. The Morgan fingerprint density at radius 1 is 1.14 bits per heavy atom. The third-order valence-corrected chi connectivity index (χ3v) is 4.20. The molecule has 0 radical (unpaired) electrons. The van der Waals surface area contributed by atoms with Gasteiger partial charge in [0, 0.05) is 12.7 Å². The van der Waals surface area contributed by atoms with E-state index in [0.29, 0.717) is 11.3 Å². The van der Waals surface area contributed by atoms with Gasteiger partial charge in [-0.25, -0.2) is 18.1 Å². The van der Waals surface area contributed by atoms with E-state index in [-0.39, 0.29) is 18.2 Å². The van der Waals surface area contributed by atoms with Crippen molar-refractivity contribution >= 4 is 10.0 Å². The van der Waals surface area contributed by atoms with Crippen molar-refractivity contribution < 1.29 is 18.3 Å². The van der Waals surface area contributed by atoms with Crippen LogP contribution in [-0.2, 0) is 23.2 Å². The summed E-state index contributed by atoms with van der Waals surface area (Å²) in [4.78, 5) is 3.83. The fourth-order valence-electron chi connectivity index (χ4n) is 1.66. The molecule has 0 unspecified atom stereocenters. The van der Waals surface area contributed by atoms with Crippen molar-refractivity contribution in [2.45, 2.75) is 18.2 Å². The molecule has 2 N–H and O–H groups in total. The zero-order valence-corrected chi connectivity index (χ0v) is 12.3. The molecule has 7 heteroatoms. The second-order valence-corrected chi connectivity index (χ2v) is 6.05. The van der Waals surface area contributed by atoms with Crippen LogP contribution >= 0.6 is 0 Å². The number of ether oxygens (including phenoxy) is 1. The number of pyridine rings is 1. The van der Waals surface area contributed by atoms with Gasteiger partial charge in [0.15, 0.2) is 5.03 Å². The number of rotatable bonds is 6. The Morgan fingerprint density at radius 2 is 1.81 bits per heavy atom. The highest BCUT2D eigenvalue weighted by atomic mass is 32.2. The molecule has 0 saturated heterocycles. The van der Waals surface area contributed by atoms with Crippen LogP contribution in [0.15, 0.2) is 47.6 Å². The number of aromatic nitrogens is 1. The summed E-state index contributed by atoms with van der Waals surface area (Å²) in [6, 6.07) is 9.97. The maximum Gasteiger partial charge on any atom is 0.258 e. The van der Waals surface area contributed by atoms with Gasteiger partial charge in [0.25, 0.3) is 10.0 Å². The van der Waals surface area contributed by atoms with Gasteiger partial charge in [-0.3, -0.25) is 0 Å². The van der Waals surface area contributed by atoms with E-state index in [2.05, 4.69) is 9.71 Å². The van der Waals surface area contributed by atoms with E-state index in [9.17, 15) is 8.42 Å². The third kappa shape index (κ3) is 4.01. The topological polar surface area (TPSA) is 88.5 Å². The van der Waals surface area contributed by atoms with Crippen LogP contribution < -0.4 is 9.46 Å². The Hall–Kier alpha value is -1.96. The molecule has 0 atom stereocenters. The van der Waals surface area contributed by atoms with Gasteiger partial charge in [-0.05, 0) is 29.3 Å². The first kappa shape index (κ1) is 15.4. The maximum absolute atomic E-state index is 12.1. The molecule has 0 aliphatic heterocycles. The quantitative estimate of drug-likeness (QED) is 0.833. The van der Waals surface area contributed by atoms with E-state index < -0.39 is 10.0 Å². The van der Waals surface area contributed by atoms with Crippen LogP contribution in [0.25, 0.3) is 0 Å². The Morgan fingerprint density at radius 3 is 2.33 bits per heavy atom. The Labute approximate surface area is 123 Å². The van der Waals surface area contributed by atoms with Crippen LogP contribution in [0, 0.1) is 0 Å². The smallest absolute Gasteiger partial charge is 0.258 e. The van der Waals surface area contributed by atoms with Crippen molar-refractivity contribution in [3.63, 3.8) is 0 Å². The molecule has 1 aromatic carbocycles. The van der Waals surface area contributed by atoms with Crippen LogP contribution in [0.3, 0.4) is 0 Å². The summed E-state index contributed by atoms with van der Waals surface area (Å²) in [5.41, 5.74) is 1.37. The fraction of sp³-hybridized carbons (Fsp3) is 0.214. The predicted molar refractivity (Wildman–Crippen MR) is 77.2 cm³/mol. The summed E-state index contributed by atoms with van der Waals surface area (Å²) in [7, 11) is -2.10. The molecule has 0 amide bonds. The minimum Gasteiger partial charge on any atom is -0.497 e. The Balaban J connectivity index is 2.05. The standard InChI is InChI=1S/C14H16N2O4S/c1-20-13-5-2-11(3-6-13)9-16-21(18,19)14-7-4-12(10-17)8-15-14/h2-8,16-17H,9-10H2,1H3. The van der Waals surface area contributed by atoms with Crippen LogP contribution in [0.5, 0.6) is 5.75 Å². The van der Waals surface area contributed by atoms with Crippen molar-refractivity contribution in [2.75, 3.05) is 7.11 Å². The minimum absolute atomic E-state index is 0.0757. The van der Waals surface area contributed by atoms with Gasteiger partial charge in [0.2, 0.25) is 0 Å². The summed E-state index contributed by atoms with van der Waals surface area (Å²) in [5.74, 6) is 0.711. The molecule has 1 aromatic heterocycles. The molecule has 2 rings (SSSR count). The van der Waals surface area contributed by atoms with E-state index in [1.54, 1.807) is 31.4 Å². The van der Waals surface area contributed by atoms with Crippen molar-refractivity contribution in [2.24, 2.45) is 0 Å². The average Bonchev–Trinajstić information content (AvgIpc) is 2.53. The predicted octanol–water partition coefficient (Wildman–Crippen LogP) is 1.06. The molecule has 2 aromatic rings. The maximum atomic E-state index is 12.1. The summed E-state index contributed by atoms with van der Waals surface area (Å²) >= 11 is 0.